The maximum atomic E-state index is 14.6. The molecule has 3 rings (SSSR count). The Bertz CT molecular complexity index is 1360. The van der Waals surface area contributed by atoms with E-state index in [-0.39, 0.29) is 24.9 Å². The summed E-state index contributed by atoms with van der Waals surface area (Å²) in [6.45, 7) is 22.0. The molecule has 3 aliphatic rings. The number of ether oxygens (including phenoxy) is 9. The zero-order valence-electron chi connectivity index (χ0n) is 36.8. The number of aliphatic hydroxyl groups excluding tert-OH is 1. The van der Waals surface area contributed by atoms with Gasteiger partial charge in [-0.15, -0.1) is 0 Å². The van der Waals surface area contributed by atoms with Crippen LogP contribution >= 0.6 is 0 Å². The van der Waals surface area contributed by atoms with Gasteiger partial charge < -0.3 is 52.8 Å². The summed E-state index contributed by atoms with van der Waals surface area (Å²) in [5, 5.41) is 23.4. The molecule has 0 aromatic carbocycles. The third kappa shape index (κ3) is 11.7. The zero-order valence-corrected chi connectivity index (χ0v) is 36.8. The second-order valence-electron chi connectivity index (χ2n) is 17.5. The van der Waals surface area contributed by atoms with Crippen LogP contribution in [0.1, 0.15) is 116 Å². The molecule has 2 N–H and O–H groups in total. The van der Waals surface area contributed by atoms with Crippen LogP contribution in [0.3, 0.4) is 0 Å². The first-order valence-corrected chi connectivity index (χ1v) is 20.6. The molecule has 15 nitrogen and oxygen atoms in total. The highest BCUT2D eigenvalue weighted by atomic mass is 16.7. The molecule has 0 bridgehead atoms. The molecule has 15 heteroatoms. The van der Waals surface area contributed by atoms with Gasteiger partial charge in [-0.25, -0.2) is 0 Å². The Labute approximate surface area is 339 Å². The van der Waals surface area contributed by atoms with Gasteiger partial charge in [0.2, 0.25) is 0 Å². The Balaban J connectivity index is 2.22. The van der Waals surface area contributed by atoms with E-state index in [4.69, 9.17) is 42.6 Å². The lowest BCUT2D eigenvalue weighted by molar-refractivity contribution is -0.313. The van der Waals surface area contributed by atoms with E-state index in [1.807, 2.05) is 34.6 Å². The van der Waals surface area contributed by atoms with Crippen molar-refractivity contribution in [2.45, 2.75) is 194 Å². The summed E-state index contributed by atoms with van der Waals surface area (Å²) in [6.07, 6.45) is -8.41. The number of carbonyl (C=O) groups excluding carboxylic acids is 4. The third-order valence-corrected chi connectivity index (χ3v) is 12.6. The molecule has 0 spiro atoms. The maximum absolute atomic E-state index is 14.6. The average molecular weight is 817 g/mol. The standard InChI is InChI=1S/C42H72O15/c1-16-20(2)33-23(5)35(53-28(10)43)25(7)37(46)41(12,48)18-21(3)34(57-40-32(45)30(49-14)17-22(4)51-40)24(6)36(26(8)39(47)56-33)55-31-19-42(13,50-15)38(27(9)52-31)54-29(11)44/h20-27,30-36,38,40,45,48H,16-19H2,1-15H3/t20-,21-,22+,23-,24+,25+,26+,27-,30-,31-,32+,33?,34-,35-,36?,38+,40-,41-,42+/m0/s1. The van der Waals surface area contributed by atoms with E-state index >= 15 is 0 Å². The van der Waals surface area contributed by atoms with E-state index < -0.39 is 126 Å². The topological polar surface area (TPSA) is 192 Å². The SMILES string of the molecule is CC[C@H](C)C1OC(=O)[C@H](C)C(O[C@H]2C[C@@](C)(OC)[C@H](OC(C)=O)[C@H](C)O2)[C@H](C)[C@@H](O[C@@H]2O[C@H](C)C[C@H](OC)[C@H]2O)[C@@H](C)C[C@](C)(O)C(=O)[C@H](C)[C@@H](OC(C)=O)[C@H]1C. The first kappa shape index (κ1) is 49.1. The fourth-order valence-corrected chi connectivity index (χ4v) is 9.20. The van der Waals surface area contributed by atoms with Gasteiger partial charge in [0.05, 0.1) is 42.4 Å². The van der Waals surface area contributed by atoms with Crippen molar-refractivity contribution >= 4 is 23.7 Å². The van der Waals surface area contributed by atoms with Crippen LogP contribution in [0, 0.1) is 35.5 Å². The highest BCUT2D eigenvalue weighted by Crippen LogP contribution is 2.41. The number of esters is 3. The summed E-state index contributed by atoms with van der Waals surface area (Å²) in [4.78, 5) is 53.4. The summed E-state index contributed by atoms with van der Waals surface area (Å²) < 4.78 is 55.3. The van der Waals surface area contributed by atoms with Gasteiger partial charge in [-0.1, -0.05) is 48.0 Å². The third-order valence-electron chi connectivity index (χ3n) is 12.6. The molecule has 0 aromatic heterocycles. The predicted molar refractivity (Wildman–Crippen MR) is 206 cm³/mol. The van der Waals surface area contributed by atoms with Crippen LogP contribution in [-0.4, -0.2) is 127 Å². The van der Waals surface area contributed by atoms with E-state index in [1.165, 1.54) is 35.0 Å². The highest BCUT2D eigenvalue weighted by Gasteiger charge is 2.52. The fourth-order valence-electron chi connectivity index (χ4n) is 9.20. The smallest absolute Gasteiger partial charge is 0.311 e. The molecule has 3 fully saturated rings. The molecule has 57 heavy (non-hydrogen) atoms. The van der Waals surface area contributed by atoms with Crippen molar-refractivity contribution in [1.29, 1.82) is 0 Å². The van der Waals surface area contributed by atoms with E-state index in [0.717, 1.165) is 0 Å². The number of methoxy groups -OCH3 is 2. The van der Waals surface area contributed by atoms with Crippen molar-refractivity contribution in [1.82, 2.24) is 0 Å². The van der Waals surface area contributed by atoms with Gasteiger partial charge in [0.15, 0.2) is 24.5 Å². The molecule has 0 aromatic rings. The second kappa shape index (κ2) is 20.3. The minimum absolute atomic E-state index is 0.110. The summed E-state index contributed by atoms with van der Waals surface area (Å²) in [7, 11) is 3.01. The lowest BCUT2D eigenvalue weighted by Gasteiger charge is -2.48. The van der Waals surface area contributed by atoms with Crippen LogP contribution < -0.4 is 0 Å². The lowest BCUT2D eigenvalue weighted by Crippen LogP contribution is -2.59. The normalized spacial score (nSPS) is 44.6. The average Bonchev–Trinajstić information content (AvgIpc) is 3.13. The molecular formula is C42H72O15. The van der Waals surface area contributed by atoms with Crippen LogP contribution in [0.4, 0.5) is 0 Å². The minimum atomic E-state index is -1.94. The lowest BCUT2D eigenvalue weighted by atomic mass is 9.74. The Morgan fingerprint density at radius 1 is 0.860 bits per heavy atom. The van der Waals surface area contributed by atoms with Crippen molar-refractivity contribution in [3.05, 3.63) is 0 Å². The first-order valence-electron chi connectivity index (χ1n) is 20.6. The monoisotopic (exact) mass is 816 g/mol. The molecule has 0 amide bonds. The van der Waals surface area contributed by atoms with Crippen molar-refractivity contribution in [2.24, 2.45) is 35.5 Å². The molecule has 0 aliphatic carbocycles. The van der Waals surface area contributed by atoms with Gasteiger partial charge in [0.25, 0.3) is 0 Å². The van der Waals surface area contributed by atoms with Crippen molar-refractivity contribution in [2.75, 3.05) is 14.2 Å². The van der Waals surface area contributed by atoms with E-state index in [1.54, 1.807) is 34.6 Å². The molecule has 0 radical (unpaired) electrons. The summed E-state index contributed by atoms with van der Waals surface area (Å²) >= 11 is 0. The molecule has 3 aliphatic heterocycles. The first-order chi connectivity index (χ1) is 26.4. The van der Waals surface area contributed by atoms with Gasteiger partial charge in [-0.2, -0.15) is 0 Å². The number of aliphatic hydroxyl groups is 2. The number of hydrogen-bond acceptors (Lipinski definition) is 15. The molecule has 3 heterocycles. The van der Waals surface area contributed by atoms with Crippen molar-refractivity contribution < 1.29 is 72.0 Å². The maximum Gasteiger partial charge on any atom is 0.311 e. The van der Waals surface area contributed by atoms with Crippen LogP contribution in [0.5, 0.6) is 0 Å². The summed E-state index contributed by atoms with van der Waals surface area (Å²) in [6, 6.07) is 0. The van der Waals surface area contributed by atoms with Crippen molar-refractivity contribution in [3.8, 4) is 0 Å². The number of rotatable bonds is 10. The van der Waals surface area contributed by atoms with E-state index in [2.05, 4.69) is 0 Å². The Morgan fingerprint density at radius 3 is 2.02 bits per heavy atom. The van der Waals surface area contributed by atoms with Gasteiger partial charge in [0.1, 0.15) is 29.5 Å². The zero-order chi connectivity index (χ0) is 43.3. The highest BCUT2D eigenvalue weighted by molar-refractivity contribution is 5.89. The summed E-state index contributed by atoms with van der Waals surface area (Å²) in [5.41, 5.74) is -2.97. The molecule has 3 saturated heterocycles. The predicted octanol–water partition coefficient (Wildman–Crippen LogP) is 4.53. The van der Waals surface area contributed by atoms with Crippen LogP contribution in [0.15, 0.2) is 0 Å². The number of ketones is 1. The Morgan fingerprint density at radius 2 is 1.47 bits per heavy atom. The fraction of sp³-hybridized carbons (Fsp3) is 0.905. The molecule has 0 saturated carbocycles. The second-order valence-corrected chi connectivity index (χ2v) is 17.5. The molecule has 19 atom stereocenters. The van der Waals surface area contributed by atoms with Crippen molar-refractivity contribution in [3.63, 3.8) is 0 Å². The van der Waals surface area contributed by atoms with Crippen LogP contribution in [0.2, 0.25) is 0 Å². The number of cyclic esters (lactones) is 1. The molecular weight excluding hydrogens is 744 g/mol. The number of Topliss-reactive ketones (excluding diaryl/α,β-unsaturated/α-hetero) is 1. The number of hydrogen-bond donors (Lipinski definition) is 2. The summed E-state index contributed by atoms with van der Waals surface area (Å²) in [5.74, 6) is -6.40. The number of carbonyl (C=O) groups is 4. The van der Waals surface area contributed by atoms with Gasteiger partial charge >= 0.3 is 17.9 Å². The molecule has 2 unspecified atom stereocenters. The van der Waals surface area contributed by atoms with Gasteiger partial charge in [-0.05, 0) is 52.9 Å². The van der Waals surface area contributed by atoms with E-state index in [9.17, 15) is 29.4 Å². The van der Waals surface area contributed by atoms with E-state index in [0.29, 0.717) is 12.8 Å². The van der Waals surface area contributed by atoms with Gasteiger partial charge in [0, 0.05) is 52.7 Å². The minimum Gasteiger partial charge on any atom is -0.461 e. The Kier molecular flexibility index (Phi) is 17.5. The van der Waals surface area contributed by atoms with Gasteiger partial charge in [-0.3, -0.25) is 19.2 Å². The van der Waals surface area contributed by atoms with Crippen LogP contribution in [0.25, 0.3) is 0 Å². The Hall–Kier alpha value is -2.24. The van der Waals surface area contributed by atoms with Crippen LogP contribution in [-0.2, 0) is 61.8 Å². The largest absolute Gasteiger partial charge is 0.461 e. The molecule has 330 valence electrons. The quantitative estimate of drug-likeness (QED) is 0.231.